The first-order valence-corrected chi connectivity index (χ1v) is 8.84. The summed E-state index contributed by atoms with van der Waals surface area (Å²) in [6.45, 7) is 1.24. The fraction of sp³-hybridized carbons (Fsp3) is 0.263. The quantitative estimate of drug-likeness (QED) is 0.570. The minimum Gasteiger partial charge on any atom is -0.368 e. The summed E-state index contributed by atoms with van der Waals surface area (Å²) in [5.74, 6) is -2.36. The first-order valence-electron chi connectivity index (χ1n) is 8.47. The highest BCUT2D eigenvalue weighted by molar-refractivity contribution is 6.29. The van der Waals surface area contributed by atoms with E-state index in [0.29, 0.717) is 10.7 Å². The van der Waals surface area contributed by atoms with E-state index in [9.17, 15) is 18.8 Å². The zero-order valence-corrected chi connectivity index (χ0v) is 15.9. The van der Waals surface area contributed by atoms with E-state index in [1.807, 2.05) is 0 Å². The maximum Gasteiger partial charge on any atom is 0.243 e. The standard InChI is InChI=1S/C19H20ClFN4O3/c1-11(26)24-16(9-13-4-2-3-5-14(13)21)19(28)25-15(18(22)27)8-12-6-7-17(20)23-10-12/h2-7,10,15-16H,8-9H2,1H3,(H2,22,27)(H,24,26)(H,25,28)/t15-,16+/m1/s1. The number of rotatable bonds is 8. The molecule has 0 unspecified atom stereocenters. The van der Waals surface area contributed by atoms with Crippen LogP contribution in [0.2, 0.25) is 5.15 Å². The van der Waals surface area contributed by atoms with Crippen LogP contribution in [0.3, 0.4) is 0 Å². The van der Waals surface area contributed by atoms with Gasteiger partial charge in [-0.25, -0.2) is 9.37 Å². The Morgan fingerprint density at radius 3 is 2.39 bits per heavy atom. The van der Waals surface area contributed by atoms with Crippen molar-refractivity contribution in [1.82, 2.24) is 15.6 Å². The maximum absolute atomic E-state index is 13.9. The largest absolute Gasteiger partial charge is 0.368 e. The summed E-state index contributed by atoms with van der Waals surface area (Å²) >= 11 is 5.73. The van der Waals surface area contributed by atoms with Crippen LogP contribution in [0.1, 0.15) is 18.1 Å². The van der Waals surface area contributed by atoms with E-state index in [4.69, 9.17) is 17.3 Å². The van der Waals surface area contributed by atoms with Crippen LogP contribution in [0.5, 0.6) is 0 Å². The van der Waals surface area contributed by atoms with Crippen LogP contribution in [0.4, 0.5) is 4.39 Å². The third-order valence-corrected chi connectivity index (χ3v) is 4.19. The SMILES string of the molecule is CC(=O)N[C@@H](Cc1ccccc1F)C(=O)N[C@H](Cc1ccc(Cl)nc1)C(N)=O. The second-order valence-electron chi connectivity index (χ2n) is 6.21. The Labute approximate surface area is 166 Å². The molecule has 148 valence electrons. The average Bonchev–Trinajstić information content (AvgIpc) is 2.63. The Balaban J connectivity index is 2.14. The molecule has 2 rings (SSSR count). The number of carbonyl (C=O) groups is 3. The first-order chi connectivity index (χ1) is 13.3. The van der Waals surface area contributed by atoms with Crippen LogP contribution < -0.4 is 16.4 Å². The molecule has 1 aromatic heterocycles. The molecule has 1 heterocycles. The van der Waals surface area contributed by atoms with Gasteiger partial charge < -0.3 is 16.4 Å². The van der Waals surface area contributed by atoms with Gasteiger partial charge >= 0.3 is 0 Å². The third kappa shape index (κ3) is 6.31. The molecule has 0 saturated carbocycles. The Morgan fingerprint density at radius 1 is 1.11 bits per heavy atom. The van der Waals surface area contributed by atoms with Crippen LogP contribution in [-0.4, -0.2) is 34.8 Å². The normalized spacial score (nSPS) is 12.7. The highest BCUT2D eigenvalue weighted by Gasteiger charge is 2.26. The molecule has 7 nitrogen and oxygen atoms in total. The summed E-state index contributed by atoms with van der Waals surface area (Å²) in [6.07, 6.45) is 1.48. The van der Waals surface area contributed by atoms with Gasteiger partial charge in [-0.05, 0) is 23.3 Å². The van der Waals surface area contributed by atoms with Crippen molar-refractivity contribution in [2.24, 2.45) is 5.73 Å². The van der Waals surface area contributed by atoms with Gasteiger partial charge in [-0.2, -0.15) is 0 Å². The summed E-state index contributed by atoms with van der Waals surface area (Å²) in [6, 6.07) is 7.03. The number of primary amides is 1. The number of nitrogens with zero attached hydrogens (tertiary/aromatic N) is 1. The lowest BCUT2D eigenvalue weighted by molar-refractivity contribution is -0.130. The van der Waals surface area contributed by atoms with Gasteiger partial charge in [0.2, 0.25) is 17.7 Å². The van der Waals surface area contributed by atoms with Gasteiger partial charge in [0.1, 0.15) is 23.1 Å². The number of hydrogen-bond acceptors (Lipinski definition) is 4. The molecule has 3 amide bonds. The minimum atomic E-state index is -1.07. The van der Waals surface area contributed by atoms with E-state index in [2.05, 4.69) is 15.6 Å². The Hall–Kier alpha value is -3.00. The minimum absolute atomic E-state index is 0.0773. The highest BCUT2D eigenvalue weighted by atomic mass is 35.5. The molecule has 0 radical (unpaired) electrons. The molecule has 28 heavy (non-hydrogen) atoms. The number of pyridine rings is 1. The molecule has 0 aliphatic heterocycles. The van der Waals surface area contributed by atoms with Crippen LogP contribution in [0.25, 0.3) is 0 Å². The van der Waals surface area contributed by atoms with Crippen molar-refractivity contribution in [1.29, 1.82) is 0 Å². The molecule has 0 bridgehead atoms. The van der Waals surface area contributed by atoms with E-state index >= 15 is 0 Å². The van der Waals surface area contributed by atoms with Crippen LogP contribution >= 0.6 is 11.6 Å². The Morgan fingerprint density at radius 2 is 1.82 bits per heavy atom. The van der Waals surface area contributed by atoms with Gasteiger partial charge in [-0.3, -0.25) is 14.4 Å². The summed E-state index contributed by atoms with van der Waals surface area (Å²) in [5.41, 5.74) is 6.29. The fourth-order valence-electron chi connectivity index (χ4n) is 2.60. The van der Waals surface area contributed by atoms with Crippen LogP contribution in [0, 0.1) is 5.82 Å². The second kappa shape index (κ2) is 9.80. The lowest BCUT2D eigenvalue weighted by Crippen LogP contribution is -2.54. The lowest BCUT2D eigenvalue weighted by atomic mass is 10.0. The van der Waals surface area contributed by atoms with Gasteiger partial charge in [-0.1, -0.05) is 35.9 Å². The van der Waals surface area contributed by atoms with Crippen molar-refractivity contribution >= 4 is 29.3 Å². The predicted molar refractivity (Wildman–Crippen MR) is 102 cm³/mol. The molecule has 2 aromatic rings. The molecule has 0 fully saturated rings. The molecule has 0 aliphatic carbocycles. The zero-order chi connectivity index (χ0) is 20.7. The summed E-state index contributed by atoms with van der Waals surface area (Å²) in [5, 5.41) is 5.28. The van der Waals surface area contributed by atoms with Crippen molar-refractivity contribution in [3.63, 3.8) is 0 Å². The van der Waals surface area contributed by atoms with Gasteiger partial charge in [0.05, 0.1) is 0 Å². The van der Waals surface area contributed by atoms with E-state index in [1.165, 1.54) is 31.3 Å². The topological polar surface area (TPSA) is 114 Å². The van der Waals surface area contributed by atoms with E-state index in [-0.39, 0.29) is 18.4 Å². The average molecular weight is 407 g/mol. The molecular formula is C19H20ClFN4O3. The van der Waals surface area contributed by atoms with E-state index in [0.717, 1.165) is 0 Å². The van der Waals surface area contributed by atoms with E-state index in [1.54, 1.807) is 18.2 Å². The number of aromatic nitrogens is 1. The summed E-state index contributed by atoms with van der Waals surface area (Å²) < 4.78 is 13.9. The molecule has 0 aliphatic rings. The van der Waals surface area contributed by atoms with Crippen molar-refractivity contribution in [3.8, 4) is 0 Å². The van der Waals surface area contributed by atoms with Crippen molar-refractivity contribution in [3.05, 3.63) is 64.7 Å². The van der Waals surface area contributed by atoms with Crippen molar-refractivity contribution in [2.45, 2.75) is 31.8 Å². The zero-order valence-electron chi connectivity index (χ0n) is 15.1. The molecule has 0 spiro atoms. The molecule has 4 N–H and O–H groups in total. The fourth-order valence-corrected chi connectivity index (χ4v) is 2.71. The molecule has 1 aromatic carbocycles. The number of carbonyl (C=O) groups excluding carboxylic acids is 3. The number of hydrogen-bond donors (Lipinski definition) is 3. The van der Waals surface area contributed by atoms with E-state index < -0.39 is 35.6 Å². The molecular weight excluding hydrogens is 387 g/mol. The smallest absolute Gasteiger partial charge is 0.243 e. The number of halogens is 2. The number of benzene rings is 1. The Kier molecular flexibility index (Phi) is 7.45. The monoisotopic (exact) mass is 406 g/mol. The Bertz CT molecular complexity index is 861. The van der Waals surface area contributed by atoms with Crippen LogP contribution in [-0.2, 0) is 27.2 Å². The van der Waals surface area contributed by atoms with Gasteiger partial charge in [-0.15, -0.1) is 0 Å². The number of nitrogens with one attached hydrogen (secondary N) is 2. The molecule has 9 heteroatoms. The van der Waals surface area contributed by atoms with Crippen molar-refractivity contribution in [2.75, 3.05) is 0 Å². The van der Waals surface area contributed by atoms with Gasteiger partial charge in [0.15, 0.2) is 0 Å². The maximum atomic E-state index is 13.9. The third-order valence-electron chi connectivity index (χ3n) is 3.96. The van der Waals surface area contributed by atoms with Gasteiger partial charge in [0, 0.05) is 26.0 Å². The summed E-state index contributed by atoms with van der Waals surface area (Å²) in [7, 11) is 0. The molecule has 2 atom stereocenters. The number of nitrogens with two attached hydrogens (primary N) is 1. The predicted octanol–water partition coefficient (Wildman–Crippen LogP) is 1.13. The second-order valence-corrected chi connectivity index (χ2v) is 6.59. The first kappa shape index (κ1) is 21.3. The van der Waals surface area contributed by atoms with Gasteiger partial charge in [0.25, 0.3) is 0 Å². The summed E-state index contributed by atoms with van der Waals surface area (Å²) in [4.78, 5) is 39.8. The molecule has 0 saturated heterocycles. The number of amides is 3. The van der Waals surface area contributed by atoms with Crippen LogP contribution in [0.15, 0.2) is 42.6 Å². The van der Waals surface area contributed by atoms with Crippen molar-refractivity contribution < 1.29 is 18.8 Å². The lowest BCUT2D eigenvalue weighted by Gasteiger charge is -2.22. The highest BCUT2D eigenvalue weighted by Crippen LogP contribution is 2.11.